The van der Waals surface area contributed by atoms with Crippen LogP contribution in [0.1, 0.15) is 33.6 Å². The number of nitrogens with one attached hydrogen (secondary N) is 1. The van der Waals surface area contributed by atoms with Crippen LogP contribution in [0.25, 0.3) is 0 Å². The third-order valence-electron chi connectivity index (χ3n) is 3.71. The average molecular weight is 264 g/mol. The van der Waals surface area contributed by atoms with Gasteiger partial charge in [0.25, 0.3) is 5.56 Å². The third kappa shape index (κ3) is 3.15. The molecule has 0 amide bonds. The van der Waals surface area contributed by atoms with Crippen LogP contribution in [0.2, 0.25) is 0 Å². The largest absolute Gasteiger partial charge is 0.348 e. The van der Waals surface area contributed by atoms with E-state index in [2.05, 4.69) is 29.0 Å². The lowest BCUT2D eigenvalue weighted by Crippen LogP contribution is -2.44. The molecule has 1 aliphatic rings. The van der Waals surface area contributed by atoms with Crippen molar-refractivity contribution in [2.45, 2.75) is 52.2 Å². The SMILES string of the molecule is CCn1ccnc(N(CC2CCCN2)C(C)C)c1=O. The maximum absolute atomic E-state index is 12.4. The van der Waals surface area contributed by atoms with Crippen molar-refractivity contribution in [1.29, 1.82) is 0 Å². The van der Waals surface area contributed by atoms with E-state index < -0.39 is 0 Å². The van der Waals surface area contributed by atoms with Gasteiger partial charge in [-0.25, -0.2) is 4.98 Å². The minimum absolute atomic E-state index is 0.0108. The molecule has 0 bridgehead atoms. The Hall–Kier alpha value is -1.36. The molecule has 1 unspecified atom stereocenters. The molecule has 1 fully saturated rings. The molecule has 2 heterocycles. The van der Waals surface area contributed by atoms with Gasteiger partial charge in [-0.2, -0.15) is 0 Å². The van der Waals surface area contributed by atoms with Crippen molar-refractivity contribution in [2.24, 2.45) is 0 Å². The molecular weight excluding hydrogens is 240 g/mol. The second-order valence-electron chi connectivity index (χ2n) is 5.38. The number of nitrogens with zero attached hydrogens (tertiary/aromatic N) is 3. The Morgan fingerprint density at radius 3 is 2.95 bits per heavy atom. The lowest BCUT2D eigenvalue weighted by Gasteiger charge is -2.30. The average Bonchev–Trinajstić information content (AvgIpc) is 2.89. The summed E-state index contributed by atoms with van der Waals surface area (Å²) in [7, 11) is 0. The van der Waals surface area contributed by atoms with E-state index in [-0.39, 0.29) is 11.6 Å². The minimum atomic E-state index is 0.0108. The van der Waals surface area contributed by atoms with Crippen LogP contribution < -0.4 is 15.8 Å². The van der Waals surface area contributed by atoms with Crippen LogP contribution in [0.3, 0.4) is 0 Å². The lowest BCUT2D eigenvalue weighted by molar-refractivity contribution is 0.544. The van der Waals surface area contributed by atoms with Crippen LogP contribution in [-0.2, 0) is 6.54 Å². The number of aromatic nitrogens is 2. The van der Waals surface area contributed by atoms with Crippen molar-refractivity contribution in [3.63, 3.8) is 0 Å². The molecule has 5 nitrogen and oxygen atoms in total. The predicted octanol–water partition coefficient (Wildman–Crippen LogP) is 1.23. The van der Waals surface area contributed by atoms with Gasteiger partial charge in [-0.3, -0.25) is 4.79 Å². The number of aryl methyl sites for hydroxylation is 1. The van der Waals surface area contributed by atoms with E-state index >= 15 is 0 Å². The molecule has 106 valence electrons. The summed E-state index contributed by atoms with van der Waals surface area (Å²) in [5, 5.41) is 3.48. The molecule has 0 radical (unpaired) electrons. The zero-order valence-corrected chi connectivity index (χ0v) is 12.1. The summed E-state index contributed by atoms with van der Waals surface area (Å²) in [6.07, 6.45) is 5.87. The second-order valence-corrected chi connectivity index (χ2v) is 5.38. The smallest absolute Gasteiger partial charge is 0.293 e. The summed E-state index contributed by atoms with van der Waals surface area (Å²) in [6, 6.07) is 0.745. The number of anilines is 1. The Morgan fingerprint density at radius 1 is 1.58 bits per heavy atom. The topological polar surface area (TPSA) is 50.2 Å². The van der Waals surface area contributed by atoms with E-state index in [1.807, 2.05) is 6.92 Å². The fourth-order valence-electron chi connectivity index (χ4n) is 2.57. The van der Waals surface area contributed by atoms with Gasteiger partial charge in [-0.15, -0.1) is 0 Å². The minimum Gasteiger partial charge on any atom is -0.348 e. The van der Waals surface area contributed by atoms with E-state index in [4.69, 9.17) is 0 Å². The van der Waals surface area contributed by atoms with Crippen molar-refractivity contribution in [2.75, 3.05) is 18.0 Å². The summed E-state index contributed by atoms with van der Waals surface area (Å²) in [4.78, 5) is 18.8. The zero-order chi connectivity index (χ0) is 13.8. The maximum atomic E-state index is 12.4. The van der Waals surface area contributed by atoms with E-state index in [0.29, 0.717) is 18.4 Å². The van der Waals surface area contributed by atoms with Crippen LogP contribution in [-0.4, -0.2) is 34.7 Å². The van der Waals surface area contributed by atoms with Gasteiger partial charge in [-0.1, -0.05) is 0 Å². The van der Waals surface area contributed by atoms with Crippen LogP contribution in [0.5, 0.6) is 0 Å². The Balaban J connectivity index is 2.25. The van der Waals surface area contributed by atoms with Crippen LogP contribution in [0, 0.1) is 0 Å². The number of hydrogen-bond donors (Lipinski definition) is 1. The van der Waals surface area contributed by atoms with Crippen LogP contribution in [0.4, 0.5) is 5.82 Å². The van der Waals surface area contributed by atoms with Gasteiger partial charge < -0.3 is 14.8 Å². The van der Waals surface area contributed by atoms with Gasteiger partial charge in [0.15, 0.2) is 5.82 Å². The molecule has 1 aliphatic heterocycles. The maximum Gasteiger partial charge on any atom is 0.293 e. The third-order valence-corrected chi connectivity index (χ3v) is 3.71. The van der Waals surface area contributed by atoms with Crippen LogP contribution >= 0.6 is 0 Å². The van der Waals surface area contributed by atoms with Gasteiger partial charge in [0, 0.05) is 37.6 Å². The van der Waals surface area contributed by atoms with Gasteiger partial charge in [-0.05, 0) is 40.2 Å². The Kier molecular flexibility index (Phi) is 4.58. The molecule has 1 atom stereocenters. The Bertz CT molecular complexity index is 463. The van der Waals surface area contributed by atoms with E-state index in [9.17, 15) is 4.79 Å². The Labute approximate surface area is 114 Å². The fourth-order valence-corrected chi connectivity index (χ4v) is 2.57. The van der Waals surface area contributed by atoms with Crippen LogP contribution in [0.15, 0.2) is 17.2 Å². The highest BCUT2D eigenvalue weighted by Gasteiger charge is 2.22. The molecule has 0 aromatic carbocycles. The number of rotatable bonds is 5. The molecule has 1 saturated heterocycles. The lowest BCUT2D eigenvalue weighted by atomic mass is 10.2. The molecule has 19 heavy (non-hydrogen) atoms. The molecule has 2 rings (SSSR count). The Morgan fingerprint density at radius 2 is 2.37 bits per heavy atom. The molecule has 5 heteroatoms. The molecule has 0 spiro atoms. The summed E-state index contributed by atoms with van der Waals surface area (Å²) < 4.78 is 1.71. The van der Waals surface area contributed by atoms with Crippen molar-refractivity contribution in [1.82, 2.24) is 14.9 Å². The highest BCUT2D eigenvalue weighted by Crippen LogP contribution is 2.13. The van der Waals surface area contributed by atoms with E-state index in [1.165, 1.54) is 12.8 Å². The van der Waals surface area contributed by atoms with Gasteiger partial charge >= 0.3 is 0 Å². The second kappa shape index (κ2) is 6.19. The first-order chi connectivity index (χ1) is 9.13. The summed E-state index contributed by atoms with van der Waals surface area (Å²) >= 11 is 0. The number of hydrogen-bond acceptors (Lipinski definition) is 4. The van der Waals surface area contributed by atoms with Crippen molar-refractivity contribution >= 4 is 5.82 Å². The highest BCUT2D eigenvalue weighted by molar-refractivity contribution is 5.37. The zero-order valence-electron chi connectivity index (χ0n) is 12.1. The van der Waals surface area contributed by atoms with E-state index in [0.717, 1.165) is 13.1 Å². The summed E-state index contributed by atoms with van der Waals surface area (Å²) in [5.74, 6) is 0.577. The highest BCUT2D eigenvalue weighted by atomic mass is 16.1. The van der Waals surface area contributed by atoms with Gasteiger partial charge in [0.2, 0.25) is 0 Å². The first kappa shape index (κ1) is 14.1. The standard InChI is InChI=1S/C14H24N4O/c1-4-17-9-8-16-13(14(17)19)18(11(2)3)10-12-6-5-7-15-12/h8-9,11-12,15H,4-7,10H2,1-3H3. The molecule has 1 aromatic heterocycles. The van der Waals surface area contributed by atoms with E-state index in [1.54, 1.807) is 17.0 Å². The van der Waals surface area contributed by atoms with Crippen molar-refractivity contribution < 1.29 is 0 Å². The molecule has 1 N–H and O–H groups in total. The van der Waals surface area contributed by atoms with Gasteiger partial charge in [0.05, 0.1) is 0 Å². The summed E-state index contributed by atoms with van der Waals surface area (Å²) in [6.45, 7) is 8.82. The molecule has 1 aromatic rings. The molecular formula is C14H24N4O. The first-order valence-electron chi connectivity index (χ1n) is 7.19. The van der Waals surface area contributed by atoms with Gasteiger partial charge in [0.1, 0.15) is 0 Å². The predicted molar refractivity (Wildman–Crippen MR) is 77.7 cm³/mol. The quantitative estimate of drug-likeness (QED) is 0.869. The fraction of sp³-hybridized carbons (Fsp3) is 0.714. The molecule has 0 aliphatic carbocycles. The monoisotopic (exact) mass is 264 g/mol. The summed E-state index contributed by atoms with van der Waals surface area (Å²) in [5.41, 5.74) is 0.0108. The van der Waals surface area contributed by atoms with Crippen molar-refractivity contribution in [3.05, 3.63) is 22.7 Å². The first-order valence-corrected chi connectivity index (χ1v) is 7.19. The normalized spacial score (nSPS) is 19.1. The van der Waals surface area contributed by atoms with Crippen molar-refractivity contribution in [3.8, 4) is 0 Å². The molecule has 0 saturated carbocycles.